The molecule has 0 amide bonds. The second kappa shape index (κ2) is 6.53. The Morgan fingerprint density at radius 1 is 1.33 bits per heavy atom. The molecule has 0 aromatic heterocycles. The largest absolute Gasteiger partial charge is 0.469 e. The van der Waals surface area contributed by atoms with Gasteiger partial charge in [-0.1, -0.05) is 6.92 Å². The Morgan fingerprint density at radius 2 is 2.00 bits per heavy atom. The number of esters is 1. The first-order chi connectivity index (χ1) is 8.74. The van der Waals surface area contributed by atoms with E-state index < -0.39 is 0 Å². The van der Waals surface area contributed by atoms with Gasteiger partial charge in [-0.3, -0.25) is 9.69 Å². The molecule has 0 aromatic carbocycles. The van der Waals surface area contributed by atoms with Crippen molar-refractivity contribution >= 4 is 5.97 Å². The number of piperidine rings is 1. The van der Waals surface area contributed by atoms with Crippen LogP contribution in [0.5, 0.6) is 0 Å². The summed E-state index contributed by atoms with van der Waals surface area (Å²) in [6.07, 6.45) is 6.84. The van der Waals surface area contributed by atoms with Crippen LogP contribution in [0.3, 0.4) is 0 Å². The monoisotopic (exact) mass is 254 g/mol. The van der Waals surface area contributed by atoms with E-state index in [-0.39, 0.29) is 5.97 Å². The lowest BCUT2D eigenvalue weighted by Crippen LogP contribution is -2.49. The van der Waals surface area contributed by atoms with E-state index in [9.17, 15) is 4.79 Å². The second-order valence-electron chi connectivity index (χ2n) is 5.57. The molecule has 4 heteroatoms. The molecule has 2 aliphatic heterocycles. The summed E-state index contributed by atoms with van der Waals surface area (Å²) in [4.78, 5) is 13.8. The van der Waals surface area contributed by atoms with Gasteiger partial charge in [0.2, 0.25) is 0 Å². The molecule has 0 radical (unpaired) electrons. The third-order valence-electron chi connectivity index (χ3n) is 4.37. The number of rotatable bonds is 6. The highest BCUT2D eigenvalue weighted by Gasteiger charge is 2.40. The smallest absolute Gasteiger partial charge is 0.306 e. The average molecular weight is 254 g/mol. The summed E-state index contributed by atoms with van der Waals surface area (Å²) in [6.45, 7) is 4.22. The predicted octanol–water partition coefficient (Wildman–Crippen LogP) is 1.54. The van der Waals surface area contributed by atoms with Gasteiger partial charge in [-0.15, -0.1) is 0 Å². The molecule has 2 unspecified atom stereocenters. The second-order valence-corrected chi connectivity index (χ2v) is 5.57. The zero-order valence-corrected chi connectivity index (χ0v) is 11.7. The van der Waals surface area contributed by atoms with E-state index >= 15 is 0 Å². The molecule has 2 saturated heterocycles. The van der Waals surface area contributed by atoms with E-state index in [1.54, 1.807) is 0 Å². The highest BCUT2D eigenvalue weighted by Crippen LogP contribution is 2.35. The van der Waals surface area contributed by atoms with Crippen LogP contribution in [0.2, 0.25) is 0 Å². The van der Waals surface area contributed by atoms with Crippen molar-refractivity contribution in [2.24, 2.45) is 0 Å². The van der Waals surface area contributed by atoms with Crippen LogP contribution in [0.4, 0.5) is 0 Å². The molecular weight excluding hydrogens is 228 g/mol. The van der Waals surface area contributed by atoms with Crippen LogP contribution in [0.15, 0.2) is 0 Å². The van der Waals surface area contributed by atoms with Crippen molar-refractivity contribution in [1.82, 2.24) is 10.2 Å². The van der Waals surface area contributed by atoms with Gasteiger partial charge in [0.25, 0.3) is 0 Å². The van der Waals surface area contributed by atoms with Gasteiger partial charge in [-0.25, -0.2) is 0 Å². The van der Waals surface area contributed by atoms with Crippen LogP contribution >= 0.6 is 0 Å². The topological polar surface area (TPSA) is 41.6 Å². The van der Waals surface area contributed by atoms with Crippen molar-refractivity contribution in [3.8, 4) is 0 Å². The molecule has 0 spiro atoms. The van der Waals surface area contributed by atoms with Crippen molar-refractivity contribution in [2.45, 2.75) is 63.6 Å². The fourth-order valence-electron chi connectivity index (χ4n) is 3.48. The summed E-state index contributed by atoms with van der Waals surface area (Å²) in [5, 5.41) is 3.65. The van der Waals surface area contributed by atoms with Crippen LogP contribution in [0, 0.1) is 0 Å². The quantitative estimate of drug-likeness (QED) is 0.730. The van der Waals surface area contributed by atoms with Gasteiger partial charge >= 0.3 is 5.97 Å². The Balaban J connectivity index is 1.80. The summed E-state index contributed by atoms with van der Waals surface area (Å²) in [5.74, 6) is -0.0827. The molecular formula is C14H26N2O2. The number of fused-ring (bicyclic) bond motifs is 2. The molecule has 2 fully saturated rings. The van der Waals surface area contributed by atoms with Crippen molar-refractivity contribution in [3.63, 3.8) is 0 Å². The average Bonchev–Trinajstić information content (AvgIpc) is 2.63. The van der Waals surface area contributed by atoms with E-state index in [0.717, 1.165) is 13.1 Å². The van der Waals surface area contributed by atoms with E-state index in [0.29, 0.717) is 24.5 Å². The Hall–Kier alpha value is -0.610. The van der Waals surface area contributed by atoms with Crippen LogP contribution in [0.1, 0.15) is 45.4 Å². The van der Waals surface area contributed by atoms with Gasteiger partial charge in [0.1, 0.15) is 0 Å². The van der Waals surface area contributed by atoms with Crippen molar-refractivity contribution in [3.05, 3.63) is 0 Å². The Labute approximate surface area is 110 Å². The first kappa shape index (κ1) is 13.8. The Morgan fingerprint density at radius 3 is 2.56 bits per heavy atom. The maximum absolute atomic E-state index is 11.2. The zero-order valence-electron chi connectivity index (χ0n) is 11.7. The highest BCUT2D eigenvalue weighted by molar-refractivity contribution is 5.69. The highest BCUT2D eigenvalue weighted by atomic mass is 16.5. The summed E-state index contributed by atoms with van der Waals surface area (Å²) >= 11 is 0. The maximum atomic E-state index is 11.2. The number of carbonyl (C=O) groups excluding carboxylic acids is 1. The lowest BCUT2D eigenvalue weighted by atomic mass is 9.97. The van der Waals surface area contributed by atoms with E-state index in [4.69, 9.17) is 4.74 Å². The van der Waals surface area contributed by atoms with Gasteiger partial charge in [0, 0.05) is 24.7 Å². The summed E-state index contributed by atoms with van der Waals surface area (Å²) < 4.78 is 4.73. The van der Waals surface area contributed by atoms with Crippen molar-refractivity contribution < 1.29 is 9.53 Å². The number of hydrogen-bond donors (Lipinski definition) is 1. The van der Waals surface area contributed by atoms with Gasteiger partial charge in [0.15, 0.2) is 0 Å². The molecule has 1 N–H and O–H groups in total. The van der Waals surface area contributed by atoms with Crippen LogP contribution in [0.25, 0.3) is 0 Å². The molecule has 2 bridgehead atoms. The summed E-state index contributed by atoms with van der Waals surface area (Å²) in [7, 11) is 1.47. The van der Waals surface area contributed by atoms with Gasteiger partial charge in [-0.05, 0) is 38.6 Å². The van der Waals surface area contributed by atoms with E-state index in [2.05, 4.69) is 17.1 Å². The molecule has 4 nitrogen and oxygen atoms in total. The zero-order chi connectivity index (χ0) is 13.0. The molecule has 18 heavy (non-hydrogen) atoms. The number of nitrogens with one attached hydrogen (secondary N) is 1. The molecule has 104 valence electrons. The molecule has 2 atom stereocenters. The molecule has 0 aromatic rings. The fourth-order valence-corrected chi connectivity index (χ4v) is 3.48. The first-order valence-corrected chi connectivity index (χ1v) is 7.30. The third kappa shape index (κ3) is 3.23. The lowest BCUT2D eigenvalue weighted by molar-refractivity contribution is -0.141. The van der Waals surface area contributed by atoms with E-state index in [1.807, 2.05) is 0 Å². The third-order valence-corrected chi connectivity index (χ3v) is 4.37. The van der Waals surface area contributed by atoms with Crippen LogP contribution in [-0.4, -0.2) is 49.2 Å². The number of ether oxygens (including phenoxy) is 1. The number of hydrogen-bond acceptors (Lipinski definition) is 4. The van der Waals surface area contributed by atoms with Crippen molar-refractivity contribution in [1.29, 1.82) is 0 Å². The summed E-state index contributed by atoms with van der Waals surface area (Å²) in [5.41, 5.74) is 0. The standard InChI is InChI=1S/C14H26N2O2/c1-3-7-15-11-9-12-4-5-13(10-11)16(12)8-6-14(17)18-2/h11-13,15H,3-10H2,1-2H3. The molecule has 0 saturated carbocycles. The van der Waals surface area contributed by atoms with Crippen molar-refractivity contribution in [2.75, 3.05) is 20.2 Å². The number of methoxy groups -OCH3 is 1. The minimum Gasteiger partial charge on any atom is -0.469 e. The molecule has 2 rings (SSSR count). The Kier molecular flexibility index (Phi) is 5.01. The van der Waals surface area contributed by atoms with Gasteiger partial charge in [-0.2, -0.15) is 0 Å². The minimum atomic E-state index is -0.0827. The molecule has 0 aliphatic carbocycles. The lowest BCUT2D eigenvalue weighted by Gasteiger charge is -2.39. The summed E-state index contributed by atoms with van der Waals surface area (Å²) in [6, 6.07) is 2.06. The van der Waals surface area contributed by atoms with Gasteiger partial charge < -0.3 is 10.1 Å². The SMILES string of the molecule is CCCNC1CC2CCC(C1)N2CCC(=O)OC. The Bertz CT molecular complexity index is 269. The fraction of sp³-hybridized carbons (Fsp3) is 0.929. The molecule has 2 aliphatic rings. The van der Waals surface area contributed by atoms with E-state index in [1.165, 1.54) is 39.2 Å². The normalized spacial score (nSPS) is 31.6. The predicted molar refractivity (Wildman–Crippen MR) is 71.5 cm³/mol. The van der Waals surface area contributed by atoms with Gasteiger partial charge in [0.05, 0.1) is 13.5 Å². The number of carbonyl (C=O) groups is 1. The van der Waals surface area contributed by atoms with Crippen LogP contribution < -0.4 is 5.32 Å². The minimum absolute atomic E-state index is 0.0827. The number of nitrogens with zero attached hydrogens (tertiary/aromatic N) is 1. The first-order valence-electron chi connectivity index (χ1n) is 7.30. The molecule has 2 heterocycles. The van der Waals surface area contributed by atoms with Crippen LogP contribution in [-0.2, 0) is 9.53 Å². The maximum Gasteiger partial charge on any atom is 0.306 e.